The number of hydrogen-bond donors (Lipinski definition) is 1. The number of benzene rings is 1. The largest absolute Gasteiger partial charge is 0.492 e. The summed E-state index contributed by atoms with van der Waals surface area (Å²) >= 11 is 7.57. The van der Waals surface area contributed by atoms with Crippen molar-refractivity contribution in [3.8, 4) is 5.88 Å². The van der Waals surface area contributed by atoms with Crippen molar-refractivity contribution >= 4 is 27.9 Å². The zero-order valence-corrected chi connectivity index (χ0v) is 15.0. The molecule has 0 unspecified atom stereocenters. The van der Waals surface area contributed by atoms with Crippen LogP contribution in [0.2, 0.25) is 5.02 Å². The van der Waals surface area contributed by atoms with Crippen molar-refractivity contribution < 1.29 is 5.11 Å². The summed E-state index contributed by atoms with van der Waals surface area (Å²) in [4.78, 5) is 8.56. The molecule has 0 radical (unpaired) electrons. The fourth-order valence-corrected chi connectivity index (χ4v) is 4.55. The third-order valence-electron chi connectivity index (χ3n) is 4.50. The Hall–Kier alpha value is -1.63. The van der Waals surface area contributed by atoms with Gasteiger partial charge in [0, 0.05) is 11.4 Å². The molecule has 126 valence electrons. The Kier molecular flexibility index (Phi) is 4.20. The zero-order valence-electron chi connectivity index (χ0n) is 13.4. The van der Waals surface area contributed by atoms with Gasteiger partial charge in [-0.05, 0) is 43.6 Å². The van der Waals surface area contributed by atoms with E-state index in [9.17, 15) is 5.11 Å². The van der Waals surface area contributed by atoms with E-state index in [4.69, 9.17) is 11.6 Å². The van der Waals surface area contributed by atoms with Gasteiger partial charge in [-0.3, -0.25) is 4.90 Å². The van der Waals surface area contributed by atoms with Crippen LogP contribution in [0.5, 0.6) is 5.88 Å². The molecule has 7 heteroatoms. The number of aryl methyl sites for hydroxylation is 1. The Balaban J connectivity index is 1.82. The molecule has 0 spiro atoms. The van der Waals surface area contributed by atoms with E-state index >= 15 is 0 Å². The van der Waals surface area contributed by atoms with Crippen molar-refractivity contribution in [1.29, 1.82) is 0 Å². The van der Waals surface area contributed by atoms with Crippen LogP contribution in [0.4, 0.5) is 0 Å². The van der Waals surface area contributed by atoms with Crippen LogP contribution in [0.25, 0.3) is 4.96 Å². The summed E-state index contributed by atoms with van der Waals surface area (Å²) in [5, 5.41) is 15.9. The molecule has 1 aliphatic rings. The first kappa shape index (κ1) is 15.9. The van der Waals surface area contributed by atoms with Gasteiger partial charge < -0.3 is 5.11 Å². The fourth-order valence-electron chi connectivity index (χ4n) is 3.29. The Bertz CT molecular complexity index is 851. The minimum atomic E-state index is 0.0170. The highest BCUT2D eigenvalue weighted by Crippen LogP contribution is 2.41. The maximum absolute atomic E-state index is 10.8. The third-order valence-corrected chi connectivity index (χ3v) is 5.82. The van der Waals surface area contributed by atoms with Gasteiger partial charge in [0.2, 0.25) is 10.8 Å². The van der Waals surface area contributed by atoms with E-state index in [1.807, 2.05) is 31.2 Å². The van der Waals surface area contributed by atoms with E-state index < -0.39 is 0 Å². The molecule has 2 aromatic heterocycles. The number of likely N-dealkylation sites (tertiary alicyclic amines) is 1. The SMILES string of the molecule is CCc1nc2sc([C@H](c3ccc(Cl)cc3)N3CCCC3)c(O)n2n1. The van der Waals surface area contributed by atoms with E-state index in [2.05, 4.69) is 15.0 Å². The van der Waals surface area contributed by atoms with E-state index in [0.29, 0.717) is 0 Å². The van der Waals surface area contributed by atoms with E-state index in [0.717, 1.165) is 45.8 Å². The number of aromatic hydroxyl groups is 1. The Morgan fingerprint density at radius 3 is 2.58 bits per heavy atom. The fraction of sp³-hybridized carbons (Fsp3) is 0.412. The molecular formula is C17H19ClN4OS. The van der Waals surface area contributed by atoms with E-state index in [1.165, 1.54) is 24.2 Å². The molecule has 5 nitrogen and oxygen atoms in total. The zero-order chi connectivity index (χ0) is 16.7. The smallest absolute Gasteiger partial charge is 0.230 e. The lowest BCUT2D eigenvalue weighted by Crippen LogP contribution is -2.26. The molecule has 1 aromatic carbocycles. The second kappa shape index (κ2) is 6.35. The highest BCUT2D eigenvalue weighted by Gasteiger charge is 2.31. The van der Waals surface area contributed by atoms with Crippen molar-refractivity contribution in [2.75, 3.05) is 13.1 Å². The summed E-state index contributed by atoms with van der Waals surface area (Å²) in [5.41, 5.74) is 1.14. The van der Waals surface area contributed by atoms with E-state index in [1.54, 1.807) is 4.52 Å². The average Bonchev–Trinajstić information content (AvgIpc) is 3.29. The Morgan fingerprint density at radius 1 is 1.25 bits per heavy atom. The van der Waals surface area contributed by atoms with Gasteiger partial charge in [0.15, 0.2) is 5.82 Å². The molecule has 1 saturated heterocycles. The molecule has 4 rings (SSSR count). The number of nitrogens with zero attached hydrogens (tertiary/aromatic N) is 4. The highest BCUT2D eigenvalue weighted by molar-refractivity contribution is 7.17. The van der Waals surface area contributed by atoms with Crippen LogP contribution in [-0.4, -0.2) is 37.7 Å². The number of fused-ring (bicyclic) bond motifs is 1. The highest BCUT2D eigenvalue weighted by atomic mass is 35.5. The number of rotatable bonds is 4. The van der Waals surface area contributed by atoms with Gasteiger partial charge in [-0.15, -0.1) is 5.10 Å². The summed E-state index contributed by atoms with van der Waals surface area (Å²) in [6.07, 6.45) is 3.13. The van der Waals surface area contributed by atoms with Gasteiger partial charge in [0.25, 0.3) is 0 Å². The average molecular weight is 363 g/mol. The van der Waals surface area contributed by atoms with Crippen molar-refractivity contribution in [1.82, 2.24) is 19.5 Å². The molecular weight excluding hydrogens is 344 g/mol. The third kappa shape index (κ3) is 2.68. The first-order valence-electron chi connectivity index (χ1n) is 8.24. The second-order valence-electron chi connectivity index (χ2n) is 6.06. The van der Waals surface area contributed by atoms with Crippen LogP contribution in [0.15, 0.2) is 24.3 Å². The van der Waals surface area contributed by atoms with Gasteiger partial charge in [-0.1, -0.05) is 42.0 Å². The maximum atomic E-state index is 10.8. The van der Waals surface area contributed by atoms with Crippen LogP contribution in [0.1, 0.15) is 42.1 Å². The van der Waals surface area contributed by atoms with Crippen molar-refractivity contribution in [2.24, 2.45) is 0 Å². The minimum Gasteiger partial charge on any atom is -0.492 e. The molecule has 1 fully saturated rings. The normalized spacial score (nSPS) is 16.9. The van der Waals surface area contributed by atoms with E-state index in [-0.39, 0.29) is 11.9 Å². The molecule has 0 aliphatic carbocycles. The molecule has 1 atom stereocenters. The summed E-state index contributed by atoms with van der Waals surface area (Å²) in [5.74, 6) is 0.960. The second-order valence-corrected chi connectivity index (χ2v) is 7.51. The quantitative estimate of drug-likeness (QED) is 0.764. The lowest BCUT2D eigenvalue weighted by Gasteiger charge is -2.27. The molecule has 0 bridgehead atoms. The number of halogens is 1. The van der Waals surface area contributed by atoms with Gasteiger partial charge in [-0.25, -0.2) is 4.98 Å². The summed E-state index contributed by atoms with van der Waals surface area (Å²) in [6, 6.07) is 7.91. The lowest BCUT2D eigenvalue weighted by atomic mass is 10.0. The first-order chi connectivity index (χ1) is 11.7. The Morgan fingerprint density at radius 2 is 1.96 bits per heavy atom. The van der Waals surface area contributed by atoms with Crippen LogP contribution in [0, 0.1) is 0 Å². The van der Waals surface area contributed by atoms with Gasteiger partial charge >= 0.3 is 0 Å². The molecule has 3 heterocycles. The standard InChI is InChI=1S/C17H19ClN4OS/c1-2-13-19-17-22(20-13)16(23)15(24-17)14(21-9-3-4-10-21)11-5-7-12(18)8-6-11/h5-8,14,23H,2-4,9-10H2,1H3/t14-/m0/s1. The topological polar surface area (TPSA) is 53.7 Å². The summed E-state index contributed by atoms with van der Waals surface area (Å²) in [7, 11) is 0. The first-order valence-corrected chi connectivity index (χ1v) is 9.43. The van der Waals surface area contributed by atoms with Crippen LogP contribution < -0.4 is 0 Å². The molecule has 1 aliphatic heterocycles. The molecule has 0 saturated carbocycles. The monoisotopic (exact) mass is 362 g/mol. The number of aromatic nitrogens is 3. The van der Waals surface area contributed by atoms with Crippen LogP contribution in [0.3, 0.4) is 0 Å². The lowest BCUT2D eigenvalue weighted by molar-refractivity contribution is 0.277. The van der Waals surface area contributed by atoms with Crippen LogP contribution >= 0.6 is 22.9 Å². The summed E-state index contributed by atoms with van der Waals surface area (Å²) in [6.45, 7) is 4.07. The number of thiazole rings is 1. The molecule has 24 heavy (non-hydrogen) atoms. The predicted molar refractivity (Wildman–Crippen MR) is 96.0 cm³/mol. The predicted octanol–water partition coefficient (Wildman–Crippen LogP) is 3.90. The van der Waals surface area contributed by atoms with Gasteiger partial charge in [-0.2, -0.15) is 4.52 Å². The Labute approximate surface area is 149 Å². The van der Waals surface area contributed by atoms with Crippen LogP contribution in [-0.2, 0) is 6.42 Å². The minimum absolute atomic E-state index is 0.0170. The number of hydrogen-bond acceptors (Lipinski definition) is 5. The molecule has 3 aromatic rings. The van der Waals surface area contributed by atoms with Gasteiger partial charge in [0.1, 0.15) is 0 Å². The maximum Gasteiger partial charge on any atom is 0.230 e. The molecule has 0 amide bonds. The van der Waals surface area contributed by atoms with Crippen molar-refractivity contribution in [3.63, 3.8) is 0 Å². The molecule has 1 N–H and O–H groups in total. The van der Waals surface area contributed by atoms with Gasteiger partial charge in [0.05, 0.1) is 10.9 Å². The van der Waals surface area contributed by atoms with Crippen molar-refractivity contribution in [2.45, 2.75) is 32.2 Å². The van der Waals surface area contributed by atoms with Crippen molar-refractivity contribution in [3.05, 3.63) is 45.6 Å². The summed E-state index contributed by atoms with van der Waals surface area (Å²) < 4.78 is 1.57.